The van der Waals surface area contributed by atoms with Crippen molar-refractivity contribution < 1.29 is 34.0 Å². The number of methoxy groups -OCH3 is 1. The molecule has 0 aliphatic carbocycles. The highest BCUT2D eigenvalue weighted by molar-refractivity contribution is 6.00. The van der Waals surface area contributed by atoms with E-state index < -0.39 is 18.1 Å². The molecule has 1 heterocycles. The van der Waals surface area contributed by atoms with Gasteiger partial charge >= 0.3 is 11.9 Å². The van der Waals surface area contributed by atoms with E-state index in [0.29, 0.717) is 23.6 Å². The van der Waals surface area contributed by atoms with Crippen LogP contribution >= 0.6 is 0 Å². The number of esters is 1. The fourth-order valence-electron chi connectivity index (χ4n) is 3.69. The number of aryl methyl sites for hydroxylation is 1. The van der Waals surface area contributed by atoms with Crippen LogP contribution < -0.4 is 25.8 Å². The maximum atomic E-state index is 13.1. The van der Waals surface area contributed by atoms with Crippen molar-refractivity contribution in [1.29, 1.82) is 0 Å². The average Bonchev–Trinajstić information content (AvgIpc) is 2.88. The Morgan fingerprint density at radius 3 is 2.42 bits per heavy atom. The van der Waals surface area contributed by atoms with Gasteiger partial charge in [0.1, 0.15) is 28.8 Å². The van der Waals surface area contributed by atoms with Crippen LogP contribution in [-0.4, -0.2) is 40.8 Å². The van der Waals surface area contributed by atoms with Gasteiger partial charge in [-0.3, -0.25) is 5.84 Å². The number of carboxylic acid groups (broad SMARTS) is 1. The molecule has 1 aliphatic rings. The molecule has 1 unspecified atom stereocenters. The zero-order valence-corrected chi connectivity index (χ0v) is 19.3. The van der Waals surface area contributed by atoms with E-state index in [9.17, 15) is 19.8 Å². The molecule has 2 aromatic rings. The number of carbonyl (C=O) groups is 2. The monoisotopic (exact) mass is 459 g/mol. The SMILES string of the molecule is COc1cc(C(=O)O)c2c(c1C)OC(=O)c1c(C)cc(O)c(C(N)N(N)CCC(C)C)c1O2. The quantitative estimate of drug-likeness (QED) is 0.159. The van der Waals surface area contributed by atoms with Crippen molar-refractivity contribution in [3.8, 4) is 28.7 Å². The lowest BCUT2D eigenvalue weighted by molar-refractivity contribution is 0.0685. The van der Waals surface area contributed by atoms with Gasteiger partial charge in [0.25, 0.3) is 0 Å². The third kappa shape index (κ3) is 4.45. The van der Waals surface area contributed by atoms with E-state index in [1.165, 1.54) is 24.3 Å². The van der Waals surface area contributed by atoms with Gasteiger partial charge in [-0.25, -0.2) is 14.6 Å². The zero-order chi connectivity index (χ0) is 24.6. The van der Waals surface area contributed by atoms with E-state index in [-0.39, 0.29) is 45.4 Å². The summed E-state index contributed by atoms with van der Waals surface area (Å²) in [6, 6.07) is 2.65. The van der Waals surface area contributed by atoms with Crippen LogP contribution in [0, 0.1) is 19.8 Å². The number of carbonyl (C=O) groups excluding carboxylic acids is 1. The van der Waals surface area contributed by atoms with E-state index >= 15 is 0 Å². The fourth-order valence-corrected chi connectivity index (χ4v) is 3.69. The van der Waals surface area contributed by atoms with Gasteiger partial charge in [0, 0.05) is 12.1 Å². The van der Waals surface area contributed by atoms with Crippen LogP contribution in [0.1, 0.15) is 63.8 Å². The van der Waals surface area contributed by atoms with Crippen molar-refractivity contribution in [2.45, 2.75) is 40.3 Å². The second-order valence-electron chi connectivity index (χ2n) is 8.40. The molecule has 10 heteroatoms. The predicted octanol–water partition coefficient (Wildman–Crippen LogP) is 3.22. The second-order valence-corrected chi connectivity index (χ2v) is 8.40. The topological polar surface area (TPSA) is 158 Å². The lowest BCUT2D eigenvalue weighted by Crippen LogP contribution is -2.41. The molecule has 0 fully saturated rings. The summed E-state index contributed by atoms with van der Waals surface area (Å²) in [5.74, 6) is 4.01. The minimum Gasteiger partial charge on any atom is -0.507 e. The van der Waals surface area contributed by atoms with Crippen molar-refractivity contribution in [3.05, 3.63) is 39.9 Å². The Bertz CT molecular complexity index is 1110. The summed E-state index contributed by atoms with van der Waals surface area (Å²) in [6.45, 7) is 7.70. The lowest BCUT2D eigenvalue weighted by Gasteiger charge is -2.28. The highest BCUT2D eigenvalue weighted by Crippen LogP contribution is 2.49. The van der Waals surface area contributed by atoms with Gasteiger partial charge in [-0.15, -0.1) is 0 Å². The average molecular weight is 459 g/mol. The number of carboxylic acids is 1. The molecule has 1 atom stereocenters. The highest BCUT2D eigenvalue weighted by Gasteiger charge is 2.36. The third-order valence-electron chi connectivity index (χ3n) is 5.60. The van der Waals surface area contributed by atoms with Crippen molar-refractivity contribution in [3.63, 3.8) is 0 Å². The molecule has 33 heavy (non-hydrogen) atoms. The molecular weight excluding hydrogens is 430 g/mol. The predicted molar refractivity (Wildman–Crippen MR) is 120 cm³/mol. The summed E-state index contributed by atoms with van der Waals surface area (Å²) < 4.78 is 16.8. The van der Waals surface area contributed by atoms with Crippen molar-refractivity contribution in [2.75, 3.05) is 13.7 Å². The standard InChI is InChI=1S/C23H29N3O7/c1-10(2)6-7-26(25)21(24)17-14(27)8-11(3)16-20(17)32-19-13(22(28)29)9-15(31-5)12(4)18(19)33-23(16)30/h8-10,21,27H,6-7,24-25H2,1-5H3,(H,28,29). The Balaban J connectivity index is 2.25. The number of nitrogens with zero attached hydrogens (tertiary/aromatic N) is 1. The minimum atomic E-state index is -1.32. The van der Waals surface area contributed by atoms with E-state index in [1.54, 1.807) is 13.8 Å². The molecule has 0 saturated carbocycles. The first kappa shape index (κ1) is 24.3. The number of rotatable bonds is 7. The van der Waals surface area contributed by atoms with Gasteiger partial charge < -0.3 is 30.2 Å². The van der Waals surface area contributed by atoms with Crippen molar-refractivity contribution in [1.82, 2.24) is 5.01 Å². The molecule has 10 nitrogen and oxygen atoms in total. The van der Waals surface area contributed by atoms with Gasteiger partial charge in [0.05, 0.1) is 12.7 Å². The fraction of sp³-hybridized carbons (Fsp3) is 0.391. The molecule has 0 saturated heterocycles. The molecule has 0 amide bonds. The molecule has 178 valence electrons. The Kier molecular flexibility index (Phi) is 6.82. The van der Waals surface area contributed by atoms with Crippen LogP contribution in [0.3, 0.4) is 0 Å². The summed E-state index contributed by atoms with van der Waals surface area (Å²) in [4.78, 5) is 25.1. The van der Waals surface area contributed by atoms with Gasteiger partial charge in [0.15, 0.2) is 17.2 Å². The van der Waals surface area contributed by atoms with E-state index in [0.717, 1.165) is 6.42 Å². The van der Waals surface area contributed by atoms with Crippen LogP contribution in [0.2, 0.25) is 0 Å². The largest absolute Gasteiger partial charge is 0.507 e. The number of aromatic carboxylic acids is 1. The summed E-state index contributed by atoms with van der Waals surface area (Å²) in [5.41, 5.74) is 6.89. The van der Waals surface area contributed by atoms with E-state index in [1.807, 2.05) is 13.8 Å². The number of fused-ring (bicyclic) bond motifs is 2. The first-order valence-corrected chi connectivity index (χ1v) is 10.5. The van der Waals surface area contributed by atoms with Crippen molar-refractivity contribution >= 4 is 11.9 Å². The summed E-state index contributed by atoms with van der Waals surface area (Å²) >= 11 is 0. The number of aromatic hydroxyl groups is 1. The molecule has 6 N–H and O–H groups in total. The number of phenols is 1. The zero-order valence-electron chi connectivity index (χ0n) is 19.3. The third-order valence-corrected chi connectivity index (χ3v) is 5.60. The molecule has 2 aromatic carbocycles. The number of nitrogens with two attached hydrogens (primary N) is 2. The Labute approximate surface area is 191 Å². The lowest BCUT2D eigenvalue weighted by atomic mass is 9.99. The number of hydrogen-bond acceptors (Lipinski definition) is 9. The van der Waals surface area contributed by atoms with Crippen LogP contribution in [-0.2, 0) is 0 Å². The summed E-state index contributed by atoms with van der Waals surface area (Å²) in [5, 5.41) is 21.9. The Hall–Kier alpha value is -3.34. The first-order chi connectivity index (χ1) is 15.5. The normalized spacial score (nSPS) is 13.7. The van der Waals surface area contributed by atoms with Gasteiger partial charge in [0.2, 0.25) is 0 Å². The van der Waals surface area contributed by atoms with Gasteiger partial charge in [-0.2, -0.15) is 0 Å². The maximum absolute atomic E-state index is 13.1. The van der Waals surface area contributed by atoms with E-state index in [4.69, 9.17) is 25.8 Å². The number of hydrogen-bond donors (Lipinski definition) is 4. The van der Waals surface area contributed by atoms with Crippen LogP contribution in [0.15, 0.2) is 12.1 Å². The van der Waals surface area contributed by atoms with Gasteiger partial charge in [-0.05, 0) is 43.9 Å². The van der Waals surface area contributed by atoms with Crippen LogP contribution in [0.25, 0.3) is 0 Å². The molecule has 3 rings (SSSR count). The van der Waals surface area contributed by atoms with Crippen molar-refractivity contribution in [2.24, 2.45) is 17.5 Å². The smallest absolute Gasteiger partial charge is 0.347 e. The van der Waals surface area contributed by atoms with Crippen LogP contribution in [0.5, 0.6) is 28.7 Å². The number of ether oxygens (including phenoxy) is 3. The number of phenolic OH excluding ortho intramolecular Hbond substituents is 1. The Morgan fingerprint density at radius 2 is 1.85 bits per heavy atom. The number of benzene rings is 2. The Morgan fingerprint density at radius 1 is 1.18 bits per heavy atom. The summed E-state index contributed by atoms with van der Waals surface area (Å²) in [7, 11) is 1.38. The van der Waals surface area contributed by atoms with Gasteiger partial charge in [-0.1, -0.05) is 13.8 Å². The van der Waals surface area contributed by atoms with E-state index in [2.05, 4.69) is 0 Å². The molecule has 0 aromatic heterocycles. The maximum Gasteiger partial charge on any atom is 0.347 e. The molecule has 0 spiro atoms. The molecule has 0 bridgehead atoms. The number of hydrazine groups is 1. The molecule has 1 aliphatic heterocycles. The summed E-state index contributed by atoms with van der Waals surface area (Å²) in [6.07, 6.45) is -0.299. The van der Waals surface area contributed by atoms with Crippen LogP contribution in [0.4, 0.5) is 0 Å². The molecular formula is C23H29N3O7. The molecule has 0 radical (unpaired) electrons. The first-order valence-electron chi connectivity index (χ1n) is 10.5. The second kappa shape index (κ2) is 9.26. The minimum absolute atomic E-state index is 0.0152. The highest BCUT2D eigenvalue weighted by atomic mass is 16.6.